The zero-order chi connectivity index (χ0) is 21.7. The predicted molar refractivity (Wildman–Crippen MR) is 114 cm³/mol. The van der Waals surface area contributed by atoms with Crippen LogP contribution in [0.2, 0.25) is 10.0 Å². The molecular formula is C21H13Cl2F2N5O. The highest BCUT2D eigenvalue weighted by Gasteiger charge is 2.20. The first-order valence-corrected chi connectivity index (χ1v) is 9.91. The maximum absolute atomic E-state index is 12.9. The molecule has 6 nitrogen and oxygen atoms in total. The van der Waals surface area contributed by atoms with Crippen LogP contribution in [0.25, 0.3) is 38.9 Å². The van der Waals surface area contributed by atoms with E-state index in [4.69, 9.17) is 28.2 Å². The molecule has 0 aliphatic heterocycles. The van der Waals surface area contributed by atoms with Crippen molar-refractivity contribution in [2.24, 2.45) is 0 Å². The highest BCUT2D eigenvalue weighted by Crippen LogP contribution is 2.37. The predicted octanol–water partition coefficient (Wildman–Crippen LogP) is 5.61. The van der Waals surface area contributed by atoms with Crippen molar-refractivity contribution in [1.29, 1.82) is 0 Å². The molecule has 0 fully saturated rings. The molecule has 0 amide bonds. The lowest BCUT2D eigenvalue weighted by Gasteiger charge is -2.06. The third kappa shape index (κ3) is 3.23. The van der Waals surface area contributed by atoms with Crippen molar-refractivity contribution in [2.75, 3.05) is 0 Å². The van der Waals surface area contributed by atoms with Gasteiger partial charge in [0.15, 0.2) is 0 Å². The van der Waals surface area contributed by atoms with Crippen molar-refractivity contribution in [1.82, 2.24) is 24.1 Å². The monoisotopic (exact) mass is 459 g/mol. The second-order valence-electron chi connectivity index (χ2n) is 6.81. The van der Waals surface area contributed by atoms with Crippen LogP contribution >= 0.6 is 23.2 Å². The van der Waals surface area contributed by atoms with Gasteiger partial charge in [-0.1, -0.05) is 29.3 Å². The first-order valence-electron chi connectivity index (χ1n) is 9.15. The van der Waals surface area contributed by atoms with Crippen molar-refractivity contribution < 1.29 is 13.9 Å². The van der Waals surface area contributed by atoms with Crippen molar-refractivity contribution >= 4 is 39.8 Å². The van der Waals surface area contributed by atoms with Gasteiger partial charge in [0.25, 0.3) is 0 Å². The molecule has 0 aliphatic rings. The van der Waals surface area contributed by atoms with E-state index in [1.807, 2.05) is 0 Å². The number of nitrogens with zero attached hydrogens (tertiary/aromatic N) is 5. The maximum Gasteiger partial charge on any atom is 0.333 e. The van der Waals surface area contributed by atoms with Crippen molar-refractivity contribution in [2.45, 2.75) is 13.2 Å². The number of fused-ring (bicyclic) bond motifs is 3. The highest BCUT2D eigenvalue weighted by atomic mass is 35.5. The first-order chi connectivity index (χ1) is 15.0. The minimum atomic E-state index is -2.73. The molecule has 0 atom stereocenters. The Labute approximate surface area is 184 Å². The molecule has 4 heterocycles. The summed E-state index contributed by atoms with van der Waals surface area (Å²) in [5.74, 6) is 0. The Morgan fingerprint density at radius 2 is 1.84 bits per heavy atom. The maximum atomic E-state index is 12.9. The summed E-state index contributed by atoms with van der Waals surface area (Å²) in [6, 6.07) is 8.72. The van der Waals surface area contributed by atoms with Crippen molar-refractivity contribution in [3.8, 4) is 22.4 Å². The smallest absolute Gasteiger partial charge is 0.333 e. The van der Waals surface area contributed by atoms with Gasteiger partial charge in [0.05, 0.1) is 39.8 Å². The zero-order valence-corrected chi connectivity index (χ0v) is 17.2. The first kappa shape index (κ1) is 19.9. The number of hydrogen-bond acceptors (Lipinski definition) is 4. The van der Waals surface area contributed by atoms with Gasteiger partial charge in [-0.15, -0.1) is 0 Å². The van der Waals surface area contributed by atoms with Crippen LogP contribution in [0.15, 0.2) is 55.1 Å². The summed E-state index contributed by atoms with van der Waals surface area (Å²) < 4.78 is 28.1. The minimum absolute atomic E-state index is 0.294. The number of aliphatic hydroxyl groups is 1. The average molecular weight is 460 g/mol. The van der Waals surface area contributed by atoms with Crippen LogP contribution in [0.4, 0.5) is 8.78 Å². The highest BCUT2D eigenvalue weighted by molar-refractivity contribution is 6.39. The lowest BCUT2D eigenvalue weighted by Crippen LogP contribution is -1.96. The van der Waals surface area contributed by atoms with Crippen molar-refractivity contribution in [3.63, 3.8) is 0 Å². The van der Waals surface area contributed by atoms with Crippen LogP contribution in [-0.2, 0) is 6.61 Å². The SMILES string of the molecule is OCc1c(-c2c(Cl)cccc2Cl)nc2c3cc(-c4cnn(C(F)F)c4)cnc3ccn12. The summed E-state index contributed by atoms with van der Waals surface area (Å²) >= 11 is 12.7. The Bertz CT molecular complexity index is 1430. The van der Waals surface area contributed by atoms with E-state index in [0.717, 1.165) is 0 Å². The topological polar surface area (TPSA) is 68.2 Å². The van der Waals surface area contributed by atoms with E-state index < -0.39 is 6.55 Å². The summed E-state index contributed by atoms with van der Waals surface area (Å²) in [6.45, 7) is -3.02. The molecule has 0 aliphatic carbocycles. The molecule has 1 N–H and O–H groups in total. The second kappa shape index (κ2) is 7.56. The molecule has 5 rings (SSSR count). The molecule has 0 saturated heterocycles. The fourth-order valence-electron chi connectivity index (χ4n) is 3.58. The quantitative estimate of drug-likeness (QED) is 0.379. The molecule has 4 aromatic heterocycles. The Balaban J connectivity index is 1.76. The molecule has 5 aromatic rings. The van der Waals surface area contributed by atoms with Gasteiger partial charge in [-0.2, -0.15) is 13.9 Å². The molecule has 0 saturated carbocycles. The number of benzene rings is 1. The number of imidazole rings is 1. The summed E-state index contributed by atoms with van der Waals surface area (Å²) in [5.41, 5.74) is 3.80. The largest absolute Gasteiger partial charge is 0.390 e. The number of rotatable bonds is 4. The normalized spacial score (nSPS) is 11.8. The zero-order valence-electron chi connectivity index (χ0n) is 15.7. The van der Waals surface area contributed by atoms with Crippen LogP contribution < -0.4 is 0 Å². The van der Waals surface area contributed by atoms with Crippen LogP contribution in [0.1, 0.15) is 12.2 Å². The molecule has 0 radical (unpaired) electrons. The fourth-order valence-corrected chi connectivity index (χ4v) is 4.15. The van der Waals surface area contributed by atoms with E-state index in [2.05, 4.69) is 10.1 Å². The molecule has 10 heteroatoms. The van der Waals surface area contributed by atoms with Crippen LogP contribution in [0.3, 0.4) is 0 Å². The van der Waals surface area contributed by atoms with Crippen molar-refractivity contribution in [3.05, 3.63) is 70.9 Å². The number of pyridine rings is 2. The van der Waals surface area contributed by atoms with Gasteiger partial charge in [-0.05, 0) is 24.3 Å². The van der Waals surface area contributed by atoms with E-state index in [-0.39, 0.29) is 6.61 Å². The Morgan fingerprint density at radius 1 is 1.06 bits per heavy atom. The van der Waals surface area contributed by atoms with Gasteiger partial charge >= 0.3 is 6.55 Å². The van der Waals surface area contributed by atoms with Gasteiger partial charge in [-0.3, -0.25) is 4.98 Å². The number of halogens is 4. The van der Waals surface area contributed by atoms with Gasteiger partial charge < -0.3 is 9.51 Å². The third-order valence-corrected chi connectivity index (χ3v) is 5.67. The van der Waals surface area contributed by atoms with Crippen LogP contribution in [0.5, 0.6) is 0 Å². The Kier molecular flexibility index (Phi) is 4.85. The standard InChI is InChI=1S/C21H13Cl2F2N5O/c22-14-2-1-3-15(23)18(14)19-17(10-31)29-5-4-16-13(20(29)28-19)6-11(7-26-16)12-8-27-30(9-12)21(24)25/h1-9,21,31H,10H2. The summed E-state index contributed by atoms with van der Waals surface area (Å²) in [4.78, 5) is 9.17. The molecule has 0 spiro atoms. The van der Waals surface area contributed by atoms with E-state index >= 15 is 0 Å². The molecule has 0 bridgehead atoms. The Hall–Kier alpha value is -3.07. The van der Waals surface area contributed by atoms with Gasteiger partial charge in [-0.25, -0.2) is 9.67 Å². The number of alkyl halides is 2. The number of hydrogen-bond donors (Lipinski definition) is 1. The van der Waals surface area contributed by atoms with Crippen LogP contribution in [-0.4, -0.2) is 29.3 Å². The summed E-state index contributed by atoms with van der Waals surface area (Å²) in [5, 5.41) is 15.2. The summed E-state index contributed by atoms with van der Waals surface area (Å²) in [6.07, 6.45) is 5.96. The van der Waals surface area contributed by atoms with Gasteiger partial charge in [0.2, 0.25) is 0 Å². The van der Waals surface area contributed by atoms with E-state index in [1.165, 1.54) is 12.4 Å². The summed E-state index contributed by atoms with van der Waals surface area (Å²) in [7, 11) is 0. The molecule has 31 heavy (non-hydrogen) atoms. The van der Waals surface area contributed by atoms with Gasteiger partial charge in [0, 0.05) is 40.7 Å². The second-order valence-corrected chi connectivity index (χ2v) is 7.63. The van der Waals surface area contributed by atoms with E-state index in [1.54, 1.807) is 47.1 Å². The van der Waals surface area contributed by atoms with Crippen LogP contribution in [0, 0.1) is 0 Å². The molecule has 0 unspecified atom stereocenters. The molecule has 1 aromatic carbocycles. The molecule has 156 valence electrons. The van der Waals surface area contributed by atoms with Gasteiger partial charge in [0.1, 0.15) is 5.65 Å². The third-order valence-electron chi connectivity index (χ3n) is 5.04. The lowest BCUT2D eigenvalue weighted by molar-refractivity contribution is 0.0566. The number of aromatic nitrogens is 5. The number of aliphatic hydroxyl groups excluding tert-OH is 1. The average Bonchev–Trinajstić information content (AvgIpc) is 3.38. The lowest BCUT2D eigenvalue weighted by atomic mass is 10.1. The fraction of sp³-hybridized carbons (Fsp3) is 0.0952. The molecular weight excluding hydrogens is 447 g/mol. The van der Waals surface area contributed by atoms with E-state index in [0.29, 0.717) is 59.4 Å². The van der Waals surface area contributed by atoms with E-state index in [9.17, 15) is 13.9 Å². The minimum Gasteiger partial charge on any atom is -0.390 e. The Morgan fingerprint density at radius 3 is 2.52 bits per heavy atom.